The SMILES string of the molecule is CC(N)c1ccc(F)cc1OCc1ccc(Cl)s1. The fourth-order valence-corrected chi connectivity index (χ4v) is 2.59. The van der Waals surface area contributed by atoms with Gasteiger partial charge in [0, 0.05) is 22.5 Å². The quantitative estimate of drug-likeness (QED) is 0.916. The molecule has 1 aromatic carbocycles. The summed E-state index contributed by atoms with van der Waals surface area (Å²) in [4.78, 5) is 0.986. The van der Waals surface area contributed by atoms with Crippen molar-refractivity contribution in [2.75, 3.05) is 0 Å². The summed E-state index contributed by atoms with van der Waals surface area (Å²) >= 11 is 7.27. The highest BCUT2D eigenvalue weighted by Crippen LogP contribution is 2.27. The fraction of sp³-hybridized carbons (Fsp3) is 0.231. The Balaban J connectivity index is 2.15. The largest absolute Gasteiger partial charge is 0.488 e. The number of nitrogens with two attached hydrogens (primary N) is 1. The standard InChI is InChI=1S/C13H13ClFNOS/c1-8(16)11-4-2-9(15)6-12(11)17-7-10-3-5-13(14)18-10/h2-6,8H,7,16H2,1H3. The van der Waals surface area contributed by atoms with Gasteiger partial charge < -0.3 is 10.5 Å². The smallest absolute Gasteiger partial charge is 0.127 e. The molecule has 0 fully saturated rings. The molecule has 2 aromatic rings. The van der Waals surface area contributed by atoms with E-state index in [0.29, 0.717) is 16.7 Å². The maximum absolute atomic E-state index is 13.2. The Morgan fingerprint density at radius 3 is 2.78 bits per heavy atom. The van der Waals surface area contributed by atoms with Crippen LogP contribution in [0.5, 0.6) is 5.75 Å². The minimum atomic E-state index is -0.335. The van der Waals surface area contributed by atoms with E-state index in [-0.39, 0.29) is 11.9 Å². The molecule has 0 saturated heterocycles. The molecule has 0 radical (unpaired) electrons. The monoisotopic (exact) mass is 285 g/mol. The molecule has 2 nitrogen and oxygen atoms in total. The molecule has 0 spiro atoms. The topological polar surface area (TPSA) is 35.2 Å². The molecule has 1 aromatic heterocycles. The summed E-state index contributed by atoms with van der Waals surface area (Å²) in [5.41, 5.74) is 6.61. The molecular formula is C13H13ClFNOS. The van der Waals surface area contributed by atoms with Crippen LogP contribution in [-0.4, -0.2) is 0 Å². The second kappa shape index (κ2) is 5.69. The Labute approximate surface area is 114 Å². The maximum Gasteiger partial charge on any atom is 0.127 e. The third-order valence-electron chi connectivity index (χ3n) is 2.46. The Bertz CT molecular complexity index is 542. The summed E-state index contributed by atoms with van der Waals surface area (Å²) < 4.78 is 19.5. The van der Waals surface area contributed by atoms with Gasteiger partial charge in [0.15, 0.2) is 0 Å². The first-order valence-corrected chi connectivity index (χ1v) is 6.68. The highest BCUT2D eigenvalue weighted by molar-refractivity contribution is 7.16. The summed E-state index contributed by atoms with van der Waals surface area (Å²) in [6.45, 7) is 2.20. The van der Waals surface area contributed by atoms with Crippen molar-refractivity contribution in [3.63, 3.8) is 0 Å². The van der Waals surface area contributed by atoms with Gasteiger partial charge >= 0.3 is 0 Å². The van der Waals surface area contributed by atoms with E-state index in [4.69, 9.17) is 22.1 Å². The van der Waals surface area contributed by atoms with E-state index in [1.54, 1.807) is 6.07 Å². The van der Waals surface area contributed by atoms with E-state index in [1.165, 1.54) is 23.5 Å². The zero-order chi connectivity index (χ0) is 13.1. The minimum Gasteiger partial charge on any atom is -0.488 e. The van der Waals surface area contributed by atoms with E-state index in [9.17, 15) is 4.39 Å². The Morgan fingerprint density at radius 1 is 1.39 bits per heavy atom. The second-order valence-electron chi connectivity index (χ2n) is 3.97. The summed E-state index contributed by atoms with van der Waals surface area (Å²) in [5.74, 6) is 0.146. The number of halogens is 2. The third-order valence-corrected chi connectivity index (χ3v) is 3.67. The lowest BCUT2D eigenvalue weighted by molar-refractivity contribution is 0.303. The van der Waals surface area contributed by atoms with Crippen molar-refractivity contribution in [1.82, 2.24) is 0 Å². The molecule has 1 atom stereocenters. The molecule has 96 valence electrons. The third kappa shape index (κ3) is 3.22. The van der Waals surface area contributed by atoms with E-state index in [2.05, 4.69) is 0 Å². The Morgan fingerprint density at radius 2 is 2.17 bits per heavy atom. The lowest BCUT2D eigenvalue weighted by Crippen LogP contribution is -2.08. The summed E-state index contributed by atoms with van der Waals surface area (Å²) in [6.07, 6.45) is 0. The average molecular weight is 286 g/mol. The number of thiophene rings is 1. The molecule has 2 rings (SSSR count). The van der Waals surface area contributed by atoms with E-state index >= 15 is 0 Å². The average Bonchev–Trinajstić information content (AvgIpc) is 2.72. The van der Waals surface area contributed by atoms with Crippen molar-refractivity contribution in [2.24, 2.45) is 5.73 Å². The molecule has 5 heteroatoms. The minimum absolute atomic E-state index is 0.201. The van der Waals surface area contributed by atoms with Crippen molar-refractivity contribution in [3.8, 4) is 5.75 Å². The summed E-state index contributed by atoms with van der Waals surface area (Å²) in [6, 6.07) is 7.88. The van der Waals surface area contributed by atoms with E-state index in [0.717, 1.165) is 10.4 Å². The molecular weight excluding hydrogens is 273 g/mol. The fourth-order valence-electron chi connectivity index (χ4n) is 1.59. The Hall–Kier alpha value is -1.10. The second-order valence-corrected chi connectivity index (χ2v) is 5.76. The normalized spacial score (nSPS) is 12.4. The van der Waals surface area contributed by atoms with Crippen LogP contribution in [-0.2, 0) is 6.61 Å². The van der Waals surface area contributed by atoms with Crippen LogP contribution in [0, 0.1) is 5.82 Å². The molecule has 2 N–H and O–H groups in total. The van der Waals surface area contributed by atoms with Crippen LogP contribution in [0.4, 0.5) is 4.39 Å². The van der Waals surface area contributed by atoms with Gasteiger partial charge in [-0.05, 0) is 25.1 Å². The van der Waals surface area contributed by atoms with Crippen molar-refractivity contribution < 1.29 is 9.13 Å². The van der Waals surface area contributed by atoms with Crippen LogP contribution in [0.25, 0.3) is 0 Å². The molecule has 0 aliphatic heterocycles. The van der Waals surface area contributed by atoms with Gasteiger partial charge in [0.2, 0.25) is 0 Å². The van der Waals surface area contributed by atoms with Crippen molar-refractivity contribution in [2.45, 2.75) is 19.6 Å². The van der Waals surface area contributed by atoms with E-state index in [1.807, 2.05) is 19.1 Å². The summed E-state index contributed by atoms with van der Waals surface area (Å²) in [7, 11) is 0. The van der Waals surface area contributed by atoms with Crippen molar-refractivity contribution in [3.05, 3.63) is 50.9 Å². The van der Waals surface area contributed by atoms with Gasteiger partial charge in [-0.15, -0.1) is 11.3 Å². The van der Waals surface area contributed by atoms with Crippen molar-refractivity contribution in [1.29, 1.82) is 0 Å². The Kier molecular flexibility index (Phi) is 4.22. The van der Waals surface area contributed by atoms with Crippen molar-refractivity contribution >= 4 is 22.9 Å². The van der Waals surface area contributed by atoms with Gasteiger partial charge in [0.25, 0.3) is 0 Å². The molecule has 0 aliphatic rings. The van der Waals surface area contributed by atoms with Crippen LogP contribution in [0.2, 0.25) is 4.34 Å². The van der Waals surface area contributed by atoms with Crippen LogP contribution in [0.1, 0.15) is 23.4 Å². The maximum atomic E-state index is 13.2. The lowest BCUT2D eigenvalue weighted by atomic mass is 10.1. The predicted octanol–water partition coefficient (Wildman–Crippen LogP) is 4.14. The molecule has 18 heavy (non-hydrogen) atoms. The molecule has 1 heterocycles. The molecule has 0 aliphatic carbocycles. The predicted molar refractivity (Wildman–Crippen MR) is 72.7 cm³/mol. The van der Waals surface area contributed by atoms with Crippen LogP contribution in [0.3, 0.4) is 0 Å². The number of benzene rings is 1. The van der Waals surface area contributed by atoms with Gasteiger partial charge in [0.1, 0.15) is 18.2 Å². The van der Waals surface area contributed by atoms with E-state index < -0.39 is 0 Å². The number of hydrogen-bond acceptors (Lipinski definition) is 3. The lowest BCUT2D eigenvalue weighted by Gasteiger charge is -2.13. The molecule has 0 bridgehead atoms. The highest BCUT2D eigenvalue weighted by Gasteiger charge is 2.10. The van der Waals surface area contributed by atoms with Gasteiger partial charge in [-0.1, -0.05) is 17.7 Å². The van der Waals surface area contributed by atoms with Gasteiger partial charge in [-0.3, -0.25) is 0 Å². The zero-order valence-electron chi connectivity index (χ0n) is 9.82. The van der Waals surface area contributed by atoms with Crippen LogP contribution in [0.15, 0.2) is 30.3 Å². The number of rotatable bonds is 4. The first-order valence-electron chi connectivity index (χ1n) is 5.48. The highest BCUT2D eigenvalue weighted by atomic mass is 35.5. The molecule has 0 saturated carbocycles. The molecule has 1 unspecified atom stereocenters. The zero-order valence-corrected chi connectivity index (χ0v) is 11.4. The first kappa shape index (κ1) is 13.3. The van der Waals surface area contributed by atoms with Crippen LogP contribution >= 0.6 is 22.9 Å². The van der Waals surface area contributed by atoms with Gasteiger partial charge in [0.05, 0.1) is 4.34 Å². The van der Waals surface area contributed by atoms with Gasteiger partial charge in [-0.2, -0.15) is 0 Å². The first-order chi connectivity index (χ1) is 8.56. The molecule has 0 amide bonds. The van der Waals surface area contributed by atoms with Gasteiger partial charge in [-0.25, -0.2) is 4.39 Å². The van der Waals surface area contributed by atoms with Crippen LogP contribution < -0.4 is 10.5 Å². The summed E-state index contributed by atoms with van der Waals surface area (Å²) in [5, 5.41) is 0. The number of ether oxygens (including phenoxy) is 1. The number of hydrogen-bond donors (Lipinski definition) is 1.